The molecule has 0 saturated heterocycles. The smallest absolute Gasteiger partial charge is 0.416 e. The highest BCUT2D eigenvalue weighted by molar-refractivity contribution is 5.86. The first-order chi connectivity index (χ1) is 11.6. The van der Waals surface area contributed by atoms with Crippen molar-refractivity contribution in [1.82, 2.24) is 5.32 Å². The third kappa shape index (κ3) is 4.64. The average Bonchev–Trinajstić information content (AvgIpc) is 2.42. The Morgan fingerprint density at radius 2 is 1.92 bits per heavy atom. The minimum Gasteiger partial charge on any atom is -0.491 e. The van der Waals surface area contributed by atoms with E-state index in [2.05, 4.69) is 5.32 Å². The molecule has 2 atom stereocenters. The summed E-state index contributed by atoms with van der Waals surface area (Å²) in [7, 11) is 0. The van der Waals surface area contributed by atoms with Gasteiger partial charge in [0, 0.05) is 6.54 Å². The summed E-state index contributed by atoms with van der Waals surface area (Å²) < 4.78 is 45.0. The monoisotopic (exact) mass is 359 g/mol. The van der Waals surface area contributed by atoms with Gasteiger partial charge in [-0.2, -0.15) is 13.2 Å². The van der Waals surface area contributed by atoms with Crippen LogP contribution in [-0.2, 0) is 22.3 Å². The fourth-order valence-electron chi connectivity index (χ4n) is 2.74. The molecule has 0 heterocycles. The zero-order valence-corrected chi connectivity index (χ0v) is 13.9. The number of alkyl halides is 3. The minimum absolute atomic E-state index is 0.0943. The van der Waals surface area contributed by atoms with E-state index in [1.54, 1.807) is 13.8 Å². The lowest BCUT2D eigenvalue weighted by molar-refractivity contribution is -0.152. The summed E-state index contributed by atoms with van der Waals surface area (Å²) in [4.78, 5) is 22.9. The van der Waals surface area contributed by atoms with Crippen LogP contribution in [0.3, 0.4) is 0 Å². The van der Waals surface area contributed by atoms with Crippen molar-refractivity contribution in [3.05, 3.63) is 29.3 Å². The van der Waals surface area contributed by atoms with E-state index in [0.29, 0.717) is 12.8 Å². The van der Waals surface area contributed by atoms with E-state index in [9.17, 15) is 22.8 Å². The summed E-state index contributed by atoms with van der Waals surface area (Å²) in [5.41, 5.74) is -0.975. The Balaban J connectivity index is 2.10. The van der Waals surface area contributed by atoms with E-state index < -0.39 is 35.5 Å². The largest absolute Gasteiger partial charge is 0.491 e. The van der Waals surface area contributed by atoms with Crippen molar-refractivity contribution in [2.45, 2.75) is 45.5 Å². The molecule has 0 spiro atoms. The maximum atomic E-state index is 13.2. The van der Waals surface area contributed by atoms with Crippen molar-refractivity contribution in [1.29, 1.82) is 0 Å². The fraction of sp³-hybridized carbons (Fsp3) is 0.529. The van der Waals surface area contributed by atoms with Crippen molar-refractivity contribution in [2.75, 3.05) is 0 Å². The SMILES string of the molecule is CC(C)Oc1ccc(CNC(=O)C2CCC2C(=O)O)c(C(F)(F)F)c1. The number of hydrogen-bond acceptors (Lipinski definition) is 3. The molecule has 1 aromatic carbocycles. The molecule has 1 fully saturated rings. The van der Waals surface area contributed by atoms with E-state index in [1.165, 1.54) is 12.1 Å². The highest BCUT2D eigenvalue weighted by atomic mass is 19.4. The molecule has 0 radical (unpaired) electrons. The first-order valence-electron chi connectivity index (χ1n) is 7.97. The molecule has 1 saturated carbocycles. The Kier molecular flexibility index (Phi) is 5.59. The van der Waals surface area contributed by atoms with Crippen molar-refractivity contribution >= 4 is 11.9 Å². The summed E-state index contributed by atoms with van der Waals surface area (Å²) >= 11 is 0. The van der Waals surface area contributed by atoms with Crippen LogP contribution >= 0.6 is 0 Å². The average molecular weight is 359 g/mol. The van der Waals surface area contributed by atoms with Gasteiger partial charge in [0.05, 0.1) is 23.5 Å². The number of amides is 1. The van der Waals surface area contributed by atoms with Crippen LogP contribution in [0.25, 0.3) is 0 Å². The van der Waals surface area contributed by atoms with Gasteiger partial charge < -0.3 is 15.2 Å². The van der Waals surface area contributed by atoms with Crippen LogP contribution in [-0.4, -0.2) is 23.1 Å². The number of carboxylic acid groups (broad SMARTS) is 1. The standard InChI is InChI=1S/C17H20F3NO4/c1-9(2)25-11-4-3-10(14(7-11)17(18,19)20)8-21-15(22)12-5-6-13(12)16(23)24/h3-4,7,9,12-13H,5-6,8H2,1-2H3,(H,21,22)(H,23,24). The lowest BCUT2D eigenvalue weighted by atomic mass is 9.73. The molecule has 2 unspecified atom stereocenters. The van der Waals surface area contributed by atoms with Crippen molar-refractivity contribution in [3.63, 3.8) is 0 Å². The molecule has 8 heteroatoms. The summed E-state index contributed by atoms with van der Waals surface area (Å²) in [6.45, 7) is 3.09. The molecule has 1 aromatic rings. The normalized spacial score (nSPS) is 20.1. The molecule has 0 aromatic heterocycles. The fourth-order valence-corrected chi connectivity index (χ4v) is 2.74. The van der Waals surface area contributed by atoms with Crippen molar-refractivity contribution in [3.8, 4) is 5.75 Å². The molecule has 2 N–H and O–H groups in total. The van der Waals surface area contributed by atoms with Crippen LogP contribution in [0.15, 0.2) is 18.2 Å². The lowest BCUT2D eigenvalue weighted by Gasteiger charge is -2.32. The Bertz CT molecular complexity index is 658. The van der Waals surface area contributed by atoms with Crippen LogP contribution in [0.4, 0.5) is 13.2 Å². The summed E-state index contributed by atoms with van der Waals surface area (Å²) in [5.74, 6) is -2.94. The maximum absolute atomic E-state index is 13.2. The Labute approximate surface area is 143 Å². The first kappa shape index (κ1) is 19.1. The van der Waals surface area contributed by atoms with Crippen LogP contribution in [0.5, 0.6) is 5.75 Å². The predicted molar refractivity (Wildman–Crippen MR) is 82.9 cm³/mol. The topological polar surface area (TPSA) is 75.6 Å². The zero-order chi connectivity index (χ0) is 18.8. The Hall–Kier alpha value is -2.25. The van der Waals surface area contributed by atoms with Gasteiger partial charge in [-0.3, -0.25) is 9.59 Å². The highest BCUT2D eigenvalue weighted by Crippen LogP contribution is 2.36. The van der Waals surface area contributed by atoms with E-state index in [1.807, 2.05) is 0 Å². The van der Waals surface area contributed by atoms with Crippen LogP contribution < -0.4 is 10.1 Å². The minimum atomic E-state index is -4.59. The quantitative estimate of drug-likeness (QED) is 0.818. The number of aliphatic carboxylic acids is 1. The summed E-state index contributed by atoms with van der Waals surface area (Å²) in [6, 6.07) is 3.58. The molecular weight excluding hydrogens is 339 g/mol. The van der Waals surface area contributed by atoms with E-state index >= 15 is 0 Å². The van der Waals surface area contributed by atoms with E-state index in [0.717, 1.165) is 6.07 Å². The number of benzene rings is 1. The molecule has 5 nitrogen and oxygen atoms in total. The number of carbonyl (C=O) groups is 2. The van der Waals surface area contributed by atoms with E-state index in [4.69, 9.17) is 9.84 Å². The van der Waals surface area contributed by atoms with Gasteiger partial charge in [0.2, 0.25) is 5.91 Å². The first-order valence-corrected chi connectivity index (χ1v) is 7.97. The molecule has 0 aliphatic heterocycles. The summed E-state index contributed by atoms with van der Waals surface area (Å²) in [5, 5.41) is 11.4. The third-order valence-electron chi connectivity index (χ3n) is 4.14. The van der Waals surface area contributed by atoms with Gasteiger partial charge in [-0.15, -0.1) is 0 Å². The van der Waals surface area contributed by atoms with Gasteiger partial charge in [-0.25, -0.2) is 0 Å². The number of nitrogens with one attached hydrogen (secondary N) is 1. The highest BCUT2D eigenvalue weighted by Gasteiger charge is 2.41. The van der Waals surface area contributed by atoms with Gasteiger partial charge in [0.25, 0.3) is 0 Å². The number of halogens is 3. The number of hydrogen-bond donors (Lipinski definition) is 2. The predicted octanol–water partition coefficient (Wildman–Crippen LogP) is 3.22. The Morgan fingerprint density at radius 1 is 1.28 bits per heavy atom. The second-order valence-electron chi connectivity index (χ2n) is 6.33. The number of ether oxygens (including phenoxy) is 1. The molecule has 1 aliphatic carbocycles. The van der Waals surface area contributed by atoms with Gasteiger partial charge in [-0.1, -0.05) is 6.07 Å². The molecular formula is C17H20F3NO4. The molecule has 138 valence electrons. The van der Waals surface area contributed by atoms with Crippen LogP contribution in [0, 0.1) is 11.8 Å². The molecule has 2 rings (SSSR count). The number of carboxylic acids is 1. The van der Waals surface area contributed by atoms with Crippen LogP contribution in [0.1, 0.15) is 37.8 Å². The number of rotatable bonds is 6. The van der Waals surface area contributed by atoms with E-state index in [-0.39, 0.29) is 24.0 Å². The van der Waals surface area contributed by atoms with Crippen LogP contribution in [0.2, 0.25) is 0 Å². The van der Waals surface area contributed by atoms with Crippen molar-refractivity contribution < 1.29 is 32.6 Å². The zero-order valence-electron chi connectivity index (χ0n) is 13.9. The molecule has 1 amide bonds. The van der Waals surface area contributed by atoms with Crippen molar-refractivity contribution in [2.24, 2.45) is 11.8 Å². The molecule has 1 aliphatic rings. The molecule has 25 heavy (non-hydrogen) atoms. The second kappa shape index (κ2) is 7.33. The van der Waals surface area contributed by atoms with Gasteiger partial charge in [0.15, 0.2) is 0 Å². The van der Waals surface area contributed by atoms with Gasteiger partial charge in [-0.05, 0) is 44.4 Å². The maximum Gasteiger partial charge on any atom is 0.416 e. The summed E-state index contributed by atoms with van der Waals surface area (Å²) in [6.07, 6.45) is -4.02. The molecule has 0 bridgehead atoms. The van der Waals surface area contributed by atoms with Gasteiger partial charge >= 0.3 is 12.1 Å². The third-order valence-corrected chi connectivity index (χ3v) is 4.14. The second-order valence-corrected chi connectivity index (χ2v) is 6.33. The number of carbonyl (C=O) groups excluding carboxylic acids is 1. The lowest BCUT2D eigenvalue weighted by Crippen LogP contribution is -2.43. The Morgan fingerprint density at radius 3 is 2.40 bits per heavy atom. The van der Waals surface area contributed by atoms with Gasteiger partial charge in [0.1, 0.15) is 5.75 Å².